The van der Waals surface area contributed by atoms with Gasteiger partial charge in [0, 0.05) is 17.6 Å². The van der Waals surface area contributed by atoms with E-state index in [4.69, 9.17) is 0 Å². The number of halogens is 1. The predicted molar refractivity (Wildman–Crippen MR) is 97.4 cm³/mol. The van der Waals surface area contributed by atoms with Gasteiger partial charge in [0.05, 0.1) is 12.7 Å². The third kappa shape index (κ3) is 4.63. The monoisotopic (exact) mass is 366 g/mol. The Balaban J connectivity index is 1.70. The van der Waals surface area contributed by atoms with Crippen LogP contribution in [0.1, 0.15) is 20.8 Å². The van der Waals surface area contributed by atoms with E-state index in [0.29, 0.717) is 16.9 Å². The standard InChI is InChI=1S/C19H15FN4O3/c1-27-18(26)12-5-7-14(8-6-12)22-17(25)16-9-10-21-19(24-16)23-15-4-2-3-13(20)11-15/h2-11H,1H3,(H,22,25)(H,21,23,24). The van der Waals surface area contributed by atoms with Crippen LogP contribution in [-0.2, 0) is 4.74 Å². The van der Waals surface area contributed by atoms with E-state index in [0.717, 1.165) is 0 Å². The van der Waals surface area contributed by atoms with Crippen molar-refractivity contribution in [2.45, 2.75) is 0 Å². The lowest BCUT2D eigenvalue weighted by Crippen LogP contribution is -2.15. The van der Waals surface area contributed by atoms with Crippen LogP contribution in [-0.4, -0.2) is 29.0 Å². The molecule has 1 heterocycles. The number of nitrogens with one attached hydrogen (secondary N) is 2. The van der Waals surface area contributed by atoms with Gasteiger partial charge in [0.25, 0.3) is 5.91 Å². The molecular weight excluding hydrogens is 351 g/mol. The molecular formula is C19H15FN4O3. The van der Waals surface area contributed by atoms with Gasteiger partial charge in [0.1, 0.15) is 11.5 Å². The highest BCUT2D eigenvalue weighted by atomic mass is 19.1. The number of benzene rings is 2. The number of ether oxygens (including phenoxy) is 1. The first-order chi connectivity index (χ1) is 13.0. The first-order valence-corrected chi connectivity index (χ1v) is 7.90. The van der Waals surface area contributed by atoms with Crippen molar-refractivity contribution >= 4 is 29.2 Å². The van der Waals surface area contributed by atoms with Crippen LogP contribution in [0, 0.1) is 5.82 Å². The fourth-order valence-corrected chi connectivity index (χ4v) is 2.24. The molecule has 3 aromatic rings. The number of methoxy groups -OCH3 is 1. The third-order valence-corrected chi connectivity index (χ3v) is 3.53. The number of nitrogens with zero attached hydrogens (tertiary/aromatic N) is 2. The minimum absolute atomic E-state index is 0.126. The summed E-state index contributed by atoms with van der Waals surface area (Å²) in [6.45, 7) is 0. The van der Waals surface area contributed by atoms with E-state index in [2.05, 4.69) is 25.3 Å². The second-order valence-electron chi connectivity index (χ2n) is 5.42. The number of hydrogen-bond acceptors (Lipinski definition) is 6. The average molecular weight is 366 g/mol. The largest absolute Gasteiger partial charge is 0.465 e. The van der Waals surface area contributed by atoms with E-state index in [9.17, 15) is 14.0 Å². The number of carbonyl (C=O) groups is 2. The Kier molecular flexibility index (Phi) is 5.36. The van der Waals surface area contributed by atoms with Gasteiger partial charge in [0.15, 0.2) is 0 Å². The number of amides is 1. The zero-order valence-corrected chi connectivity index (χ0v) is 14.3. The van der Waals surface area contributed by atoms with Gasteiger partial charge in [-0.3, -0.25) is 4.79 Å². The molecule has 27 heavy (non-hydrogen) atoms. The lowest BCUT2D eigenvalue weighted by Gasteiger charge is -2.08. The molecule has 0 bridgehead atoms. The Morgan fingerprint density at radius 2 is 1.81 bits per heavy atom. The molecule has 0 saturated heterocycles. The third-order valence-electron chi connectivity index (χ3n) is 3.53. The second kappa shape index (κ2) is 8.05. The molecule has 7 nitrogen and oxygen atoms in total. The summed E-state index contributed by atoms with van der Waals surface area (Å²) in [6.07, 6.45) is 1.42. The van der Waals surface area contributed by atoms with Gasteiger partial charge < -0.3 is 15.4 Å². The topological polar surface area (TPSA) is 93.2 Å². The molecule has 1 amide bonds. The Morgan fingerprint density at radius 3 is 2.52 bits per heavy atom. The predicted octanol–water partition coefficient (Wildman–Crippen LogP) is 3.40. The maximum Gasteiger partial charge on any atom is 0.337 e. The quantitative estimate of drug-likeness (QED) is 0.672. The van der Waals surface area contributed by atoms with Gasteiger partial charge in [-0.05, 0) is 48.5 Å². The molecule has 0 aliphatic heterocycles. The van der Waals surface area contributed by atoms with Gasteiger partial charge in [-0.25, -0.2) is 19.2 Å². The highest BCUT2D eigenvalue weighted by molar-refractivity contribution is 6.03. The Bertz CT molecular complexity index is 977. The van der Waals surface area contributed by atoms with E-state index in [-0.39, 0.29) is 11.6 Å². The Hall–Kier alpha value is -3.81. The van der Waals surface area contributed by atoms with E-state index in [1.807, 2.05) is 0 Å². The zero-order valence-electron chi connectivity index (χ0n) is 14.3. The van der Waals surface area contributed by atoms with E-state index in [1.54, 1.807) is 36.4 Å². The normalized spacial score (nSPS) is 10.1. The molecule has 136 valence electrons. The zero-order chi connectivity index (χ0) is 19.2. The summed E-state index contributed by atoms with van der Waals surface area (Å²) < 4.78 is 17.9. The minimum Gasteiger partial charge on any atom is -0.465 e. The van der Waals surface area contributed by atoms with Gasteiger partial charge in [-0.1, -0.05) is 6.07 Å². The fraction of sp³-hybridized carbons (Fsp3) is 0.0526. The molecule has 0 aliphatic rings. The molecule has 3 rings (SSSR count). The first kappa shape index (κ1) is 18.0. The minimum atomic E-state index is -0.461. The highest BCUT2D eigenvalue weighted by Crippen LogP contribution is 2.15. The fourth-order valence-electron chi connectivity index (χ4n) is 2.24. The van der Waals surface area contributed by atoms with Crippen molar-refractivity contribution in [2.75, 3.05) is 17.7 Å². The Morgan fingerprint density at radius 1 is 1.04 bits per heavy atom. The molecule has 0 spiro atoms. The molecule has 0 aliphatic carbocycles. The van der Waals surface area contributed by atoms with Gasteiger partial charge in [-0.2, -0.15) is 0 Å². The molecule has 0 fully saturated rings. The molecule has 8 heteroatoms. The number of hydrogen-bond donors (Lipinski definition) is 2. The van der Waals surface area contributed by atoms with Crippen molar-refractivity contribution < 1.29 is 18.7 Å². The van der Waals surface area contributed by atoms with Crippen LogP contribution in [0.25, 0.3) is 0 Å². The van der Waals surface area contributed by atoms with E-state index in [1.165, 1.54) is 31.5 Å². The number of rotatable bonds is 5. The SMILES string of the molecule is COC(=O)c1ccc(NC(=O)c2ccnc(Nc3cccc(F)c3)n2)cc1. The van der Waals surface area contributed by atoms with Crippen LogP contribution in [0.3, 0.4) is 0 Å². The van der Waals surface area contributed by atoms with Gasteiger partial charge >= 0.3 is 5.97 Å². The Labute approximate surface area is 154 Å². The average Bonchev–Trinajstić information content (AvgIpc) is 2.68. The van der Waals surface area contributed by atoms with E-state index >= 15 is 0 Å². The maximum atomic E-state index is 13.2. The summed E-state index contributed by atoms with van der Waals surface area (Å²) in [5.41, 5.74) is 1.46. The van der Waals surface area contributed by atoms with Crippen LogP contribution in [0.15, 0.2) is 60.8 Å². The van der Waals surface area contributed by atoms with E-state index < -0.39 is 17.7 Å². The first-order valence-electron chi connectivity index (χ1n) is 7.90. The van der Waals surface area contributed by atoms with Crippen LogP contribution in [0.5, 0.6) is 0 Å². The molecule has 0 saturated carbocycles. The van der Waals surface area contributed by atoms with Crippen LogP contribution < -0.4 is 10.6 Å². The number of esters is 1. The summed E-state index contributed by atoms with van der Waals surface area (Å²) in [5.74, 6) is -1.15. The number of aromatic nitrogens is 2. The van der Waals surface area contributed by atoms with Crippen LogP contribution in [0.2, 0.25) is 0 Å². The lowest BCUT2D eigenvalue weighted by molar-refractivity contribution is 0.0600. The molecule has 0 radical (unpaired) electrons. The van der Waals surface area contributed by atoms with Gasteiger partial charge in [-0.15, -0.1) is 0 Å². The van der Waals surface area contributed by atoms with Gasteiger partial charge in [0.2, 0.25) is 5.95 Å². The van der Waals surface area contributed by atoms with Crippen molar-refractivity contribution in [1.29, 1.82) is 0 Å². The molecule has 0 atom stereocenters. The number of anilines is 3. The smallest absolute Gasteiger partial charge is 0.337 e. The number of carbonyl (C=O) groups excluding carboxylic acids is 2. The van der Waals surface area contributed by atoms with Crippen molar-refractivity contribution in [2.24, 2.45) is 0 Å². The summed E-state index contributed by atoms with van der Waals surface area (Å²) in [4.78, 5) is 31.9. The van der Waals surface area contributed by atoms with Crippen LogP contribution in [0.4, 0.5) is 21.7 Å². The van der Waals surface area contributed by atoms with Crippen molar-refractivity contribution in [3.05, 3.63) is 77.9 Å². The summed E-state index contributed by atoms with van der Waals surface area (Å²) in [6, 6.07) is 13.5. The highest BCUT2D eigenvalue weighted by Gasteiger charge is 2.11. The summed E-state index contributed by atoms with van der Waals surface area (Å²) >= 11 is 0. The van der Waals surface area contributed by atoms with Crippen molar-refractivity contribution in [3.63, 3.8) is 0 Å². The lowest BCUT2D eigenvalue weighted by atomic mass is 10.2. The van der Waals surface area contributed by atoms with Crippen molar-refractivity contribution in [1.82, 2.24) is 9.97 Å². The molecule has 2 N–H and O–H groups in total. The second-order valence-corrected chi connectivity index (χ2v) is 5.42. The molecule has 2 aromatic carbocycles. The molecule has 1 aromatic heterocycles. The maximum absolute atomic E-state index is 13.2. The summed E-state index contributed by atoms with van der Waals surface area (Å²) in [5, 5.41) is 5.51. The van der Waals surface area contributed by atoms with Crippen LogP contribution >= 0.6 is 0 Å². The van der Waals surface area contributed by atoms with Crippen molar-refractivity contribution in [3.8, 4) is 0 Å². The summed E-state index contributed by atoms with van der Waals surface area (Å²) in [7, 11) is 1.29. The molecule has 0 unspecified atom stereocenters.